The number of nitrogens with two attached hydrogens (primary N) is 2. The summed E-state index contributed by atoms with van der Waals surface area (Å²) < 4.78 is 0. The molecule has 6 heteroatoms. The van der Waals surface area contributed by atoms with Crippen LogP contribution in [0, 0.1) is 13.8 Å². The van der Waals surface area contributed by atoms with Crippen LogP contribution in [0.4, 0.5) is 5.69 Å². The highest BCUT2D eigenvalue weighted by atomic mass is 32.2. The maximum Gasteiger partial charge on any atom is 0.365 e. The van der Waals surface area contributed by atoms with Crippen LogP contribution in [0.25, 0.3) is 0 Å². The third-order valence-electron chi connectivity index (χ3n) is 3.38. The molecule has 2 rings (SSSR count). The van der Waals surface area contributed by atoms with E-state index in [1.807, 2.05) is 32.0 Å². The van der Waals surface area contributed by atoms with E-state index in [9.17, 15) is 4.79 Å². The van der Waals surface area contributed by atoms with Crippen molar-refractivity contribution in [1.82, 2.24) is 0 Å². The lowest BCUT2D eigenvalue weighted by atomic mass is 10.1. The standard InChI is InChI=1S/C17H19N3O2S/c1-11-8-9-14(16(19)12(11)2)23-10-15(18)20-22-17(21)13-6-4-3-5-7-13/h3-9H,10,19H2,1-2H3,(H2,18,20). The van der Waals surface area contributed by atoms with Crippen LogP contribution in [0.2, 0.25) is 0 Å². The van der Waals surface area contributed by atoms with Gasteiger partial charge in [-0.2, -0.15) is 0 Å². The fourth-order valence-electron chi connectivity index (χ4n) is 1.84. The minimum atomic E-state index is -0.538. The highest BCUT2D eigenvalue weighted by Crippen LogP contribution is 2.29. The van der Waals surface area contributed by atoms with E-state index in [0.717, 1.165) is 21.7 Å². The number of amidine groups is 1. The highest BCUT2D eigenvalue weighted by molar-refractivity contribution is 8.00. The van der Waals surface area contributed by atoms with Gasteiger partial charge in [0, 0.05) is 10.6 Å². The maximum absolute atomic E-state index is 11.7. The Morgan fingerprint density at radius 1 is 1.17 bits per heavy atom. The van der Waals surface area contributed by atoms with Gasteiger partial charge in [0.2, 0.25) is 0 Å². The van der Waals surface area contributed by atoms with Crippen LogP contribution < -0.4 is 11.5 Å². The number of benzene rings is 2. The van der Waals surface area contributed by atoms with Crippen LogP contribution in [0.1, 0.15) is 21.5 Å². The maximum atomic E-state index is 11.7. The average molecular weight is 329 g/mol. The van der Waals surface area contributed by atoms with E-state index in [1.54, 1.807) is 24.3 Å². The molecule has 0 radical (unpaired) electrons. The second-order valence-electron chi connectivity index (χ2n) is 5.04. The lowest BCUT2D eigenvalue weighted by molar-refractivity contribution is 0.0515. The molecule has 5 nitrogen and oxygen atoms in total. The number of carbonyl (C=O) groups excluding carboxylic acids is 1. The fourth-order valence-corrected chi connectivity index (χ4v) is 2.67. The van der Waals surface area contributed by atoms with Gasteiger partial charge in [-0.25, -0.2) is 4.79 Å². The molecule has 2 aromatic carbocycles. The molecule has 0 bridgehead atoms. The van der Waals surface area contributed by atoms with Crippen molar-refractivity contribution >= 4 is 29.3 Å². The zero-order chi connectivity index (χ0) is 16.8. The molecular formula is C17H19N3O2S. The summed E-state index contributed by atoms with van der Waals surface area (Å²) in [6.07, 6.45) is 0. The van der Waals surface area contributed by atoms with Crippen LogP contribution in [0.15, 0.2) is 52.5 Å². The van der Waals surface area contributed by atoms with Gasteiger partial charge in [0.25, 0.3) is 0 Å². The van der Waals surface area contributed by atoms with Crippen LogP contribution >= 0.6 is 11.8 Å². The Morgan fingerprint density at radius 2 is 1.87 bits per heavy atom. The number of nitrogen functional groups attached to an aromatic ring is 1. The Labute approximate surface area is 139 Å². The number of hydrogen-bond acceptors (Lipinski definition) is 5. The molecule has 0 spiro atoms. The first kappa shape index (κ1) is 16.9. The summed E-state index contributed by atoms with van der Waals surface area (Å²) in [6, 6.07) is 12.6. The van der Waals surface area contributed by atoms with E-state index in [0.29, 0.717) is 11.3 Å². The Kier molecular flexibility index (Phi) is 5.65. The lowest BCUT2D eigenvalue weighted by Crippen LogP contribution is -2.16. The summed E-state index contributed by atoms with van der Waals surface area (Å²) in [5.41, 5.74) is 15.2. The third-order valence-corrected chi connectivity index (χ3v) is 4.48. The summed E-state index contributed by atoms with van der Waals surface area (Å²) in [5.74, 6) is 0.0653. The quantitative estimate of drug-likeness (QED) is 0.220. The molecule has 4 N–H and O–H groups in total. The number of rotatable bonds is 5. The van der Waals surface area contributed by atoms with Crippen LogP contribution in [0.5, 0.6) is 0 Å². The highest BCUT2D eigenvalue weighted by Gasteiger charge is 2.08. The summed E-state index contributed by atoms with van der Waals surface area (Å²) in [6.45, 7) is 3.99. The Bertz CT molecular complexity index is 730. The Morgan fingerprint density at radius 3 is 2.57 bits per heavy atom. The molecule has 0 aliphatic carbocycles. The number of aryl methyl sites for hydroxylation is 1. The van der Waals surface area contributed by atoms with Crippen LogP contribution in [-0.4, -0.2) is 17.6 Å². The molecule has 0 saturated carbocycles. The second kappa shape index (κ2) is 7.69. The number of oxime groups is 1. The van der Waals surface area contributed by atoms with Gasteiger partial charge < -0.3 is 16.3 Å². The number of thioether (sulfide) groups is 1. The van der Waals surface area contributed by atoms with E-state index in [1.165, 1.54) is 11.8 Å². The topological polar surface area (TPSA) is 90.7 Å². The van der Waals surface area contributed by atoms with Crippen LogP contribution in [0.3, 0.4) is 0 Å². The molecule has 0 amide bonds. The Hall–Kier alpha value is -2.47. The predicted molar refractivity (Wildman–Crippen MR) is 94.5 cm³/mol. The van der Waals surface area contributed by atoms with Gasteiger partial charge in [-0.1, -0.05) is 29.4 Å². The monoisotopic (exact) mass is 329 g/mol. The van der Waals surface area contributed by atoms with Gasteiger partial charge in [-0.3, -0.25) is 0 Å². The first-order valence-electron chi connectivity index (χ1n) is 7.06. The molecule has 23 heavy (non-hydrogen) atoms. The number of nitrogens with zero attached hydrogens (tertiary/aromatic N) is 1. The molecule has 0 aromatic heterocycles. The molecule has 0 unspecified atom stereocenters. The van der Waals surface area contributed by atoms with Crippen molar-refractivity contribution in [3.8, 4) is 0 Å². The van der Waals surface area contributed by atoms with Gasteiger partial charge in [-0.05, 0) is 43.2 Å². The van der Waals surface area contributed by atoms with Crippen molar-refractivity contribution in [3.63, 3.8) is 0 Å². The van der Waals surface area contributed by atoms with Crippen molar-refractivity contribution in [2.24, 2.45) is 10.9 Å². The smallest absolute Gasteiger partial charge is 0.365 e. The molecule has 120 valence electrons. The van der Waals surface area contributed by atoms with E-state index in [2.05, 4.69) is 5.16 Å². The van der Waals surface area contributed by atoms with Crippen molar-refractivity contribution < 1.29 is 9.63 Å². The molecule has 0 saturated heterocycles. The molecule has 2 aromatic rings. The first-order chi connectivity index (χ1) is 11.0. The fraction of sp³-hybridized carbons (Fsp3) is 0.176. The van der Waals surface area contributed by atoms with Crippen molar-refractivity contribution in [2.45, 2.75) is 18.7 Å². The van der Waals surface area contributed by atoms with Crippen molar-refractivity contribution in [2.75, 3.05) is 11.5 Å². The molecule has 0 heterocycles. The second-order valence-corrected chi connectivity index (χ2v) is 6.05. The number of carbonyl (C=O) groups is 1. The normalized spacial score (nSPS) is 11.3. The molecule has 0 aliphatic rings. The Balaban J connectivity index is 1.93. The minimum Gasteiger partial charge on any atom is -0.398 e. The molecular weight excluding hydrogens is 310 g/mol. The van der Waals surface area contributed by atoms with Gasteiger partial charge in [0.15, 0.2) is 0 Å². The zero-order valence-electron chi connectivity index (χ0n) is 13.1. The van der Waals surface area contributed by atoms with Crippen molar-refractivity contribution in [3.05, 3.63) is 59.2 Å². The first-order valence-corrected chi connectivity index (χ1v) is 8.05. The summed E-state index contributed by atoms with van der Waals surface area (Å²) in [4.78, 5) is 17.5. The summed E-state index contributed by atoms with van der Waals surface area (Å²) >= 11 is 1.45. The van der Waals surface area contributed by atoms with Gasteiger partial charge in [0.1, 0.15) is 5.84 Å². The van der Waals surface area contributed by atoms with Gasteiger partial charge >= 0.3 is 5.97 Å². The van der Waals surface area contributed by atoms with Gasteiger partial charge in [0.05, 0.1) is 11.3 Å². The minimum absolute atomic E-state index is 0.219. The number of anilines is 1. The van der Waals surface area contributed by atoms with E-state index in [4.69, 9.17) is 16.3 Å². The summed E-state index contributed by atoms with van der Waals surface area (Å²) in [5, 5.41) is 3.67. The largest absolute Gasteiger partial charge is 0.398 e. The van der Waals surface area contributed by atoms with Gasteiger partial charge in [-0.15, -0.1) is 11.8 Å². The average Bonchev–Trinajstić information content (AvgIpc) is 2.57. The number of hydrogen-bond donors (Lipinski definition) is 2. The summed E-state index contributed by atoms with van der Waals surface area (Å²) in [7, 11) is 0. The molecule has 0 fully saturated rings. The van der Waals surface area contributed by atoms with Crippen molar-refractivity contribution in [1.29, 1.82) is 0 Å². The van der Waals surface area contributed by atoms with E-state index in [-0.39, 0.29) is 5.84 Å². The third kappa shape index (κ3) is 4.50. The lowest BCUT2D eigenvalue weighted by Gasteiger charge is -2.10. The SMILES string of the molecule is Cc1ccc(SCC(N)=NOC(=O)c2ccccc2)c(N)c1C. The van der Waals surface area contributed by atoms with Crippen LogP contribution in [-0.2, 0) is 4.84 Å². The predicted octanol–water partition coefficient (Wildman–Crippen LogP) is 3.11. The molecule has 0 atom stereocenters. The van der Waals surface area contributed by atoms with E-state index < -0.39 is 5.97 Å². The molecule has 0 aliphatic heterocycles. The van der Waals surface area contributed by atoms with E-state index >= 15 is 0 Å². The zero-order valence-corrected chi connectivity index (χ0v) is 13.9.